The maximum Gasteiger partial charge on any atom is 0.230 e. The number of benzene rings is 1. The number of aromatic nitrogens is 3. The van der Waals surface area contributed by atoms with Gasteiger partial charge in [0.15, 0.2) is 5.16 Å². The third-order valence-electron chi connectivity index (χ3n) is 4.82. The van der Waals surface area contributed by atoms with E-state index in [2.05, 4.69) is 20.4 Å². The van der Waals surface area contributed by atoms with Gasteiger partial charge in [-0.2, -0.15) is 0 Å². The van der Waals surface area contributed by atoms with Gasteiger partial charge in [0.05, 0.1) is 17.4 Å². The summed E-state index contributed by atoms with van der Waals surface area (Å²) in [5.41, 5.74) is 6.26. The van der Waals surface area contributed by atoms with Crippen molar-refractivity contribution in [2.75, 3.05) is 31.9 Å². The number of primary amides is 1. The number of hydrogen-bond donors (Lipinski definition) is 2. The Morgan fingerprint density at radius 1 is 1.38 bits per heavy atom. The van der Waals surface area contributed by atoms with Gasteiger partial charge >= 0.3 is 0 Å². The molecule has 2 aromatic rings. The molecule has 1 unspecified atom stereocenters. The number of halogens is 1. The van der Waals surface area contributed by atoms with Gasteiger partial charge in [-0.3, -0.25) is 14.2 Å². The molecule has 1 fully saturated rings. The fraction of sp³-hybridized carbons (Fsp3) is 0.474. The number of nitrogens with zero attached hydrogens (tertiary/aromatic N) is 4. The number of piperidine rings is 1. The molecule has 3 rings (SSSR count). The second-order valence-electron chi connectivity index (χ2n) is 7.00. The summed E-state index contributed by atoms with van der Waals surface area (Å²) in [7, 11) is 0. The van der Waals surface area contributed by atoms with Crippen LogP contribution in [0.5, 0.6) is 0 Å². The van der Waals surface area contributed by atoms with Crippen LogP contribution in [0.4, 0.5) is 0 Å². The number of likely N-dealkylation sites (tertiary alicyclic amines) is 1. The minimum Gasteiger partial charge on any atom is -0.369 e. The number of carbonyl (C=O) groups excluding carboxylic acids is 2. The molecule has 1 aromatic carbocycles. The largest absolute Gasteiger partial charge is 0.369 e. The molecular formula is C19H25ClN6O2S. The minimum atomic E-state index is -0.217. The van der Waals surface area contributed by atoms with Gasteiger partial charge in [0.2, 0.25) is 11.8 Å². The molecule has 0 aliphatic carbocycles. The zero-order valence-corrected chi connectivity index (χ0v) is 17.7. The molecule has 29 heavy (non-hydrogen) atoms. The van der Waals surface area contributed by atoms with Crippen LogP contribution in [0.3, 0.4) is 0 Å². The summed E-state index contributed by atoms with van der Waals surface area (Å²) in [6.45, 7) is 3.14. The summed E-state index contributed by atoms with van der Waals surface area (Å²) in [6.07, 6.45) is 4.30. The average Bonchev–Trinajstić information content (AvgIpc) is 3.18. The van der Waals surface area contributed by atoms with E-state index in [9.17, 15) is 9.59 Å². The van der Waals surface area contributed by atoms with Gasteiger partial charge < -0.3 is 16.0 Å². The molecule has 0 bridgehead atoms. The highest BCUT2D eigenvalue weighted by Gasteiger charge is 2.23. The van der Waals surface area contributed by atoms with Crippen molar-refractivity contribution in [2.24, 2.45) is 11.7 Å². The van der Waals surface area contributed by atoms with Crippen LogP contribution in [0, 0.1) is 5.92 Å². The molecule has 0 spiro atoms. The molecule has 1 aliphatic heterocycles. The van der Waals surface area contributed by atoms with Crippen molar-refractivity contribution in [1.29, 1.82) is 0 Å². The van der Waals surface area contributed by atoms with E-state index in [-0.39, 0.29) is 23.5 Å². The predicted molar refractivity (Wildman–Crippen MR) is 113 cm³/mol. The number of rotatable bonds is 9. The molecule has 1 aliphatic rings. The monoisotopic (exact) mass is 436 g/mol. The van der Waals surface area contributed by atoms with E-state index in [0.717, 1.165) is 44.6 Å². The van der Waals surface area contributed by atoms with Crippen molar-refractivity contribution in [3.8, 4) is 5.69 Å². The Labute approximate surface area is 179 Å². The van der Waals surface area contributed by atoms with Gasteiger partial charge in [0, 0.05) is 18.1 Å². The highest BCUT2D eigenvalue weighted by atomic mass is 35.5. The number of amides is 2. The Hall–Kier alpha value is -2.10. The third kappa shape index (κ3) is 6.45. The molecule has 1 atom stereocenters. The normalized spacial score (nSPS) is 17.2. The molecule has 8 nitrogen and oxygen atoms in total. The lowest BCUT2D eigenvalue weighted by atomic mass is 9.97. The van der Waals surface area contributed by atoms with E-state index in [4.69, 9.17) is 17.3 Å². The Morgan fingerprint density at radius 3 is 3.03 bits per heavy atom. The molecule has 0 saturated carbocycles. The number of thioether (sulfide) groups is 1. The first-order valence-electron chi connectivity index (χ1n) is 9.60. The smallest absolute Gasteiger partial charge is 0.230 e. The van der Waals surface area contributed by atoms with Crippen LogP contribution in [0.1, 0.15) is 19.3 Å². The fourth-order valence-electron chi connectivity index (χ4n) is 3.33. The van der Waals surface area contributed by atoms with Crippen LogP contribution in [0.15, 0.2) is 35.7 Å². The summed E-state index contributed by atoms with van der Waals surface area (Å²) in [6, 6.07) is 7.38. The highest BCUT2D eigenvalue weighted by Crippen LogP contribution is 2.21. The van der Waals surface area contributed by atoms with Crippen molar-refractivity contribution in [1.82, 2.24) is 25.0 Å². The second-order valence-corrected chi connectivity index (χ2v) is 8.38. The zero-order valence-electron chi connectivity index (χ0n) is 16.1. The molecule has 0 radical (unpaired) electrons. The average molecular weight is 437 g/mol. The van der Waals surface area contributed by atoms with Gasteiger partial charge in [-0.1, -0.05) is 29.4 Å². The van der Waals surface area contributed by atoms with Crippen molar-refractivity contribution in [2.45, 2.75) is 24.4 Å². The number of hydrogen-bond acceptors (Lipinski definition) is 6. The maximum atomic E-state index is 12.1. The second kappa shape index (κ2) is 10.6. The Kier molecular flexibility index (Phi) is 7.91. The minimum absolute atomic E-state index is 0.0495. The van der Waals surface area contributed by atoms with E-state index < -0.39 is 0 Å². The highest BCUT2D eigenvalue weighted by molar-refractivity contribution is 7.99. The van der Waals surface area contributed by atoms with E-state index in [1.165, 1.54) is 11.8 Å². The van der Waals surface area contributed by atoms with E-state index in [1.54, 1.807) is 17.0 Å². The Balaban J connectivity index is 1.38. The van der Waals surface area contributed by atoms with Crippen molar-refractivity contribution >= 4 is 35.2 Å². The summed E-state index contributed by atoms with van der Waals surface area (Å²) >= 11 is 7.37. The summed E-state index contributed by atoms with van der Waals surface area (Å²) in [5.74, 6) is -0.0613. The third-order valence-corrected chi connectivity index (χ3v) is 5.99. The first kappa shape index (κ1) is 21.6. The quantitative estimate of drug-likeness (QED) is 0.458. The fourth-order valence-corrected chi connectivity index (χ4v) is 4.27. The molecule has 1 saturated heterocycles. The van der Waals surface area contributed by atoms with Gasteiger partial charge in [-0.05, 0) is 50.6 Å². The van der Waals surface area contributed by atoms with Gasteiger partial charge in [0.25, 0.3) is 0 Å². The molecule has 156 valence electrons. The van der Waals surface area contributed by atoms with E-state index >= 15 is 0 Å². The Bertz CT molecular complexity index is 846. The molecular weight excluding hydrogens is 412 g/mol. The van der Waals surface area contributed by atoms with Crippen molar-refractivity contribution < 1.29 is 9.59 Å². The van der Waals surface area contributed by atoms with Crippen LogP contribution in [-0.2, 0) is 9.59 Å². The predicted octanol–water partition coefficient (Wildman–Crippen LogP) is 1.72. The molecule has 10 heteroatoms. The lowest BCUT2D eigenvalue weighted by Gasteiger charge is -2.31. The molecule has 2 heterocycles. The lowest BCUT2D eigenvalue weighted by molar-refractivity contribution is -0.123. The SMILES string of the molecule is NC(=O)C1CCCN(CCCNC(=O)CSc2nncn2-c2cccc(Cl)c2)C1. The van der Waals surface area contributed by atoms with Crippen LogP contribution in [-0.4, -0.2) is 63.4 Å². The lowest BCUT2D eigenvalue weighted by Crippen LogP contribution is -2.42. The van der Waals surface area contributed by atoms with Gasteiger partial charge in [-0.25, -0.2) is 0 Å². The van der Waals surface area contributed by atoms with Crippen LogP contribution < -0.4 is 11.1 Å². The zero-order chi connectivity index (χ0) is 20.6. The van der Waals surface area contributed by atoms with Crippen LogP contribution in [0.25, 0.3) is 5.69 Å². The van der Waals surface area contributed by atoms with E-state index in [0.29, 0.717) is 16.7 Å². The summed E-state index contributed by atoms with van der Waals surface area (Å²) in [4.78, 5) is 25.7. The molecule has 1 aromatic heterocycles. The number of nitrogens with one attached hydrogen (secondary N) is 1. The maximum absolute atomic E-state index is 12.1. The molecule has 3 N–H and O–H groups in total. The van der Waals surface area contributed by atoms with Gasteiger partial charge in [-0.15, -0.1) is 10.2 Å². The van der Waals surface area contributed by atoms with Crippen LogP contribution >= 0.6 is 23.4 Å². The number of nitrogens with two attached hydrogens (primary N) is 1. The molecule has 2 amide bonds. The first-order chi connectivity index (χ1) is 14.0. The van der Waals surface area contributed by atoms with Crippen molar-refractivity contribution in [3.05, 3.63) is 35.6 Å². The first-order valence-corrected chi connectivity index (χ1v) is 11.0. The van der Waals surface area contributed by atoms with Gasteiger partial charge in [0.1, 0.15) is 6.33 Å². The van der Waals surface area contributed by atoms with Crippen molar-refractivity contribution in [3.63, 3.8) is 0 Å². The summed E-state index contributed by atoms with van der Waals surface area (Å²) < 4.78 is 1.80. The van der Waals surface area contributed by atoms with E-state index in [1.807, 2.05) is 18.2 Å². The topological polar surface area (TPSA) is 106 Å². The standard InChI is InChI=1S/C19H25ClN6O2S/c20-15-5-1-6-16(10-15)26-13-23-24-19(26)29-12-17(27)22-7-3-9-25-8-2-4-14(11-25)18(21)28/h1,5-6,10,13-14H,2-4,7-9,11-12H2,(H2,21,28)(H,22,27). The summed E-state index contributed by atoms with van der Waals surface area (Å²) in [5, 5.41) is 12.2. The number of carbonyl (C=O) groups is 2. The van der Waals surface area contributed by atoms with Crippen LogP contribution in [0.2, 0.25) is 5.02 Å². The Morgan fingerprint density at radius 2 is 2.24 bits per heavy atom.